The van der Waals surface area contributed by atoms with Gasteiger partial charge < -0.3 is 29.6 Å². The van der Waals surface area contributed by atoms with Crippen molar-refractivity contribution in [3.8, 4) is 23.0 Å². The number of methoxy groups -OCH3 is 1. The Kier molecular flexibility index (Phi) is 9.72. The summed E-state index contributed by atoms with van der Waals surface area (Å²) in [6.45, 7) is 11.6. The predicted octanol–water partition coefficient (Wildman–Crippen LogP) is 5.96. The smallest absolute Gasteiger partial charge is 0.319 e. The number of hydrogen-bond donors (Lipinski definition) is 2. The van der Waals surface area contributed by atoms with Crippen molar-refractivity contribution in [1.29, 1.82) is 0 Å². The lowest BCUT2D eigenvalue weighted by molar-refractivity contribution is 0.0321. The number of ether oxygens (including phenoxy) is 4. The molecule has 0 spiro atoms. The minimum Gasteiger partial charge on any atom is -0.493 e. The number of fused-ring (bicyclic) bond motifs is 1. The number of carbonyl (C=O) groups is 1. The molecular formula is C29H37ClN4O5. The molecule has 9 nitrogen and oxygen atoms in total. The zero-order valence-corrected chi connectivity index (χ0v) is 23.8. The molecule has 4 rings (SSSR count). The second kappa shape index (κ2) is 13.2. The van der Waals surface area contributed by atoms with Crippen molar-refractivity contribution < 1.29 is 23.7 Å². The van der Waals surface area contributed by atoms with Crippen molar-refractivity contribution in [1.82, 2.24) is 15.2 Å². The van der Waals surface area contributed by atoms with Gasteiger partial charge in [-0.1, -0.05) is 32.4 Å². The number of hydrogen-bond acceptors (Lipinski definition) is 7. The molecule has 2 N–H and O–H groups in total. The van der Waals surface area contributed by atoms with Crippen molar-refractivity contribution in [3.63, 3.8) is 0 Å². The van der Waals surface area contributed by atoms with E-state index >= 15 is 0 Å². The van der Waals surface area contributed by atoms with Gasteiger partial charge >= 0.3 is 6.03 Å². The molecule has 0 unspecified atom stereocenters. The molecule has 0 radical (unpaired) electrons. The van der Waals surface area contributed by atoms with Crippen LogP contribution in [0.1, 0.15) is 27.2 Å². The van der Waals surface area contributed by atoms with Crippen LogP contribution >= 0.6 is 11.6 Å². The Hall–Kier alpha value is -3.27. The third kappa shape index (κ3) is 8.36. The first-order chi connectivity index (χ1) is 18.7. The second-order valence-electron chi connectivity index (χ2n) is 10.6. The minimum atomic E-state index is -0.279. The topological polar surface area (TPSA) is 94.2 Å². The van der Waals surface area contributed by atoms with E-state index in [9.17, 15) is 4.79 Å². The maximum absolute atomic E-state index is 12.2. The maximum Gasteiger partial charge on any atom is 0.319 e. The van der Waals surface area contributed by atoms with Gasteiger partial charge in [0, 0.05) is 49.5 Å². The first-order valence-electron chi connectivity index (χ1n) is 13.1. The normalized spacial score (nSPS) is 14.2. The number of anilines is 1. The molecule has 0 bridgehead atoms. The molecule has 0 saturated carbocycles. The molecule has 1 aromatic heterocycles. The van der Waals surface area contributed by atoms with Crippen LogP contribution in [0.15, 0.2) is 42.6 Å². The van der Waals surface area contributed by atoms with Crippen molar-refractivity contribution in [2.45, 2.75) is 27.2 Å². The lowest BCUT2D eigenvalue weighted by Gasteiger charge is -2.26. The summed E-state index contributed by atoms with van der Waals surface area (Å²) in [4.78, 5) is 19.0. The van der Waals surface area contributed by atoms with E-state index in [-0.39, 0.29) is 11.4 Å². The molecule has 1 aliphatic rings. The zero-order chi connectivity index (χ0) is 27.8. The summed E-state index contributed by atoms with van der Waals surface area (Å²) >= 11 is 6.51. The lowest BCUT2D eigenvalue weighted by Crippen LogP contribution is -2.38. The number of urea groups is 1. The average molecular weight is 557 g/mol. The third-order valence-electron chi connectivity index (χ3n) is 6.33. The van der Waals surface area contributed by atoms with Gasteiger partial charge in [-0.3, -0.25) is 9.88 Å². The first kappa shape index (κ1) is 28.7. The van der Waals surface area contributed by atoms with E-state index in [4.69, 9.17) is 30.5 Å². The minimum absolute atomic E-state index is 0.147. The summed E-state index contributed by atoms with van der Waals surface area (Å²) in [6, 6.07) is 10.3. The van der Waals surface area contributed by atoms with Crippen LogP contribution in [0.25, 0.3) is 10.9 Å². The number of carbonyl (C=O) groups excluding carboxylic acids is 1. The van der Waals surface area contributed by atoms with Crippen LogP contribution in [0.5, 0.6) is 23.0 Å². The summed E-state index contributed by atoms with van der Waals surface area (Å²) in [7, 11) is 1.61. The number of nitrogens with one attached hydrogen (secondary N) is 2. The van der Waals surface area contributed by atoms with E-state index in [0.717, 1.165) is 44.7 Å². The van der Waals surface area contributed by atoms with Crippen LogP contribution in [0.4, 0.5) is 10.5 Å². The SMILES string of the molecule is COc1cc2c(Oc3ccc(NC(=O)NCCC(C)(C)C)cc3Cl)ccnc2cc1OCCN1CCOCC1. The summed E-state index contributed by atoms with van der Waals surface area (Å²) in [5.74, 6) is 2.23. The summed E-state index contributed by atoms with van der Waals surface area (Å²) < 4.78 is 23.2. The maximum atomic E-state index is 12.2. The van der Waals surface area contributed by atoms with Crippen LogP contribution in [0.3, 0.4) is 0 Å². The monoisotopic (exact) mass is 556 g/mol. The fourth-order valence-electron chi connectivity index (χ4n) is 4.11. The van der Waals surface area contributed by atoms with Crippen LogP contribution in [-0.4, -0.2) is 69.0 Å². The van der Waals surface area contributed by atoms with Gasteiger partial charge in [0.2, 0.25) is 0 Å². The molecule has 39 heavy (non-hydrogen) atoms. The Balaban J connectivity index is 1.42. The zero-order valence-electron chi connectivity index (χ0n) is 23.0. The highest BCUT2D eigenvalue weighted by Gasteiger charge is 2.16. The Morgan fingerprint density at radius 3 is 2.59 bits per heavy atom. The standard InChI is InChI=1S/C29H37ClN4O5/c1-29(2,3)8-10-32-28(35)33-20-5-6-25(22(30)17-20)39-24-7-9-31-23-19-27(26(36-4)18-21(23)24)38-16-13-34-11-14-37-15-12-34/h5-7,9,17-19H,8,10-16H2,1-4H3,(H2,32,33,35). The Bertz CT molecular complexity index is 1270. The number of morpholine rings is 1. The molecule has 3 aromatic rings. The highest BCUT2D eigenvalue weighted by molar-refractivity contribution is 6.32. The fourth-order valence-corrected chi connectivity index (χ4v) is 4.32. The molecule has 1 saturated heterocycles. The van der Waals surface area contributed by atoms with E-state index in [1.54, 1.807) is 37.6 Å². The van der Waals surface area contributed by atoms with Gasteiger partial charge in [-0.15, -0.1) is 0 Å². The van der Waals surface area contributed by atoms with Crippen molar-refractivity contribution >= 4 is 34.2 Å². The second-order valence-corrected chi connectivity index (χ2v) is 11.0. The molecule has 2 aromatic carbocycles. The molecule has 1 aliphatic heterocycles. The Morgan fingerprint density at radius 1 is 1.08 bits per heavy atom. The number of aromatic nitrogens is 1. The van der Waals surface area contributed by atoms with Gasteiger partial charge in [0.15, 0.2) is 11.5 Å². The number of rotatable bonds is 10. The predicted molar refractivity (Wildman–Crippen MR) is 154 cm³/mol. The third-order valence-corrected chi connectivity index (χ3v) is 6.62. The van der Waals surface area contributed by atoms with Crippen LogP contribution in [0.2, 0.25) is 5.02 Å². The Labute approximate surface area is 234 Å². The highest BCUT2D eigenvalue weighted by atomic mass is 35.5. The van der Waals surface area contributed by atoms with Gasteiger partial charge in [-0.05, 0) is 42.2 Å². The molecule has 2 heterocycles. The average Bonchev–Trinajstić information content (AvgIpc) is 2.90. The molecule has 10 heteroatoms. The number of benzene rings is 2. The lowest BCUT2D eigenvalue weighted by atomic mass is 9.92. The molecular weight excluding hydrogens is 520 g/mol. The molecule has 1 fully saturated rings. The molecule has 0 atom stereocenters. The van der Waals surface area contributed by atoms with Crippen molar-refractivity contribution in [2.75, 3.05) is 58.4 Å². The van der Waals surface area contributed by atoms with E-state index in [2.05, 4.69) is 41.3 Å². The number of halogens is 1. The van der Waals surface area contributed by atoms with E-state index in [1.807, 2.05) is 12.1 Å². The summed E-state index contributed by atoms with van der Waals surface area (Å²) in [6.07, 6.45) is 2.55. The Morgan fingerprint density at radius 2 is 1.87 bits per heavy atom. The quantitative estimate of drug-likeness (QED) is 0.318. The van der Waals surface area contributed by atoms with Gasteiger partial charge in [0.25, 0.3) is 0 Å². The van der Waals surface area contributed by atoms with Gasteiger partial charge in [-0.25, -0.2) is 4.79 Å². The first-order valence-corrected chi connectivity index (χ1v) is 13.5. The van der Waals surface area contributed by atoms with E-state index in [1.165, 1.54) is 0 Å². The molecule has 2 amide bonds. The van der Waals surface area contributed by atoms with Crippen LogP contribution in [0, 0.1) is 5.41 Å². The van der Waals surface area contributed by atoms with Gasteiger partial charge in [0.1, 0.15) is 18.1 Å². The summed E-state index contributed by atoms with van der Waals surface area (Å²) in [5, 5.41) is 6.79. The van der Waals surface area contributed by atoms with E-state index in [0.29, 0.717) is 52.4 Å². The number of nitrogens with zero attached hydrogens (tertiary/aromatic N) is 2. The van der Waals surface area contributed by atoms with Crippen molar-refractivity contribution in [3.05, 3.63) is 47.6 Å². The fraction of sp³-hybridized carbons (Fsp3) is 0.448. The largest absolute Gasteiger partial charge is 0.493 e. The van der Waals surface area contributed by atoms with Crippen molar-refractivity contribution in [2.24, 2.45) is 5.41 Å². The highest BCUT2D eigenvalue weighted by Crippen LogP contribution is 2.39. The number of pyridine rings is 1. The van der Waals surface area contributed by atoms with Gasteiger partial charge in [0.05, 0.1) is 30.9 Å². The molecule has 210 valence electrons. The van der Waals surface area contributed by atoms with Gasteiger partial charge in [-0.2, -0.15) is 0 Å². The number of amides is 2. The van der Waals surface area contributed by atoms with Crippen LogP contribution < -0.4 is 24.8 Å². The molecule has 0 aliphatic carbocycles. The summed E-state index contributed by atoms with van der Waals surface area (Å²) in [5.41, 5.74) is 1.42. The van der Waals surface area contributed by atoms with E-state index < -0.39 is 0 Å². The van der Waals surface area contributed by atoms with Crippen LogP contribution in [-0.2, 0) is 4.74 Å².